The molecule has 0 unspecified atom stereocenters. The Balaban J connectivity index is 2.88. The van der Waals surface area contributed by atoms with Crippen molar-refractivity contribution in [1.29, 1.82) is 5.26 Å². The third kappa shape index (κ3) is 3.17. The van der Waals surface area contributed by atoms with E-state index in [1.165, 1.54) is 4.90 Å². The van der Waals surface area contributed by atoms with Crippen LogP contribution in [-0.4, -0.2) is 20.0 Å². The molecular formula is C10H9BrF2N2. The van der Waals surface area contributed by atoms with Gasteiger partial charge in [0.25, 0.3) is 6.43 Å². The van der Waals surface area contributed by atoms with E-state index >= 15 is 0 Å². The average Bonchev–Trinajstić information content (AvgIpc) is 2.16. The van der Waals surface area contributed by atoms with Gasteiger partial charge in [0.2, 0.25) is 0 Å². The van der Waals surface area contributed by atoms with Crippen molar-refractivity contribution < 1.29 is 8.78 Å². The third-order valence-corrected chi connectivity index (χ3v) is 2.58. The molecule has 0 saturated carbocycles. The minimum absolute atomic E-state index is 0.321. The van der Waals surface area contributed by atoms with Gasteiger partial charge >= 0.3 is 0 Å². The number of anilines is 1. The van der Waals surface area contributed by atoms with Crippen LogP contribution < -0.4 is 4.90 Å². The van der Waals surface area contributed by atoms with Crippen LogP contribution in [0.1, 0.15) is 5.56 Å². The molecule has 0 bridgehead atoms. The van der Waals surface area contributed by atoms with Gasteiger partial charge in [-0.05, 0) is 34.1 Å². The molecule has 80 valence electrons. The zero-order valence-corrected chi connectivity index (χ0v) is 9.63. The van der Waals surface area contributed by atoms with E-state index in [0.717, 1.165) is 0 Å². The number of halogens is 3. The summed E-state index contributed by atoms with van der Waals surface area (Å²) in [6, 6.07) is 6.89. The van der Waals surface area contributed by atoms with E-state index in [2.05, 4.69) is 15.9 Å². The van der Waals surface area contributed by atoms with E-state index in [4.69, 9.17) is 5.26 Å². The van der Waals surface area contributed by atoms with Gasteiger partial charge in [-0.25, -0.2) is 8.78 Å². The predicted molar refractivity (Wildman–Crippen MR) is 58.1 cm³/mol. The highest BCUT2D eigenvalue weighted by Gasteiger charge is 2.09. The van der Waals surface area contributed by atoms with Crippen LogP contribution in [0.2, 0.25) is 0 Å². The van der Waals surface area contributed by atoms with Gasteiger partial charge in [-0.2, -0.15) is 5.26 Å². The van der Waals surface area contributed by atoms with Crippen LogP contribution in [0.25, 0.3) is 0 Å². The van der Waals surface area contributed by atoms with Crippen molar-refractivity contribution in [2.75, 3.05) is 18.5 Å². The number of nitrogens with zero attached hydrogens (tertiary/aromatic N) is 2. The Morgan fingerprint density at radius 3 is 2.67 bits per heavy atom. The second-order valence-electron chi connectivity index (χ2n) is 3.05. The van der Waals surface area contributed by atoms with Crippen molar-refractivity contribution in [2.45, 2.75) is 6.43 Å². The van der Waals surface area contributed by atoms with E-state index < -0.39 is 6.43 Å². The third-order valence-electron chi connectivity index (χ3n) is 1.93. The smallest absolute Gasteiger partial charge is 0.255 e. The fourth-order valence-electron chi connectivity index (χ4n) is 1.14. The molecule has 0 fully saturated rings. The molecule has 5 heteroatoms. The Labute approximate surface area is 95.2 Å². The summed E-state index contributed by atoms with van der Waals surface area (Å²) in [5, 5.41) is 8.68. The highest BCUT2D eigenvalue weighted by Crippen LogP contribution is 2.23. The lowest BCUT2D eigenvalue weighted by Crippen LogP contribution is -2.23. The largest absolute Gasteiger partial charge is 0.369 e. The van der Waals surface area contributed by atoms with E-state index in [1.54, 1.807) is 25.2 Å². The molecule has 1 aromatic carbocycles. The number of alkyl halides is 2. The molecule has 0 amide bonds. The quantitative estimate of drug-likeness (QED) is 0.847. The second kappa shape index (κ2) is 5.08. The highest BCUT2D eigenvalue weighted by molar-refractivity contribution is 9.10. The Morgan fingerprint density at radius 2 is 2.20 bits per heavy atom. The SMILES string of the molecule is CN(CC(F)F)c1ccc(C#N)c(Br)c1. The first-order chi connectivity index (χ1) is 7.04. The van der Waals surface area contributed by atoms with Crippen LogP contribution in [0.4, 0.5) is 14.5 Å². The maximum Gasteiger partial charge on any atom is 0.255 e. The van der Waals surface area contributed by atoms with E-state index in [9.17, 15) is 8.78 Å². The minimum atomic E-state index is -2.37. The summed E-state index contributed by atoms with van der Waals surface area (Å²) < 4.78 is 24.8. The molecule has 15 heavy (non-hydrogen) atoms. The van der Waals surface area contributed by atoms with Crippen LogP contribution in [0.3, 0.4) is 0 Å². The standard InChI is InChI=1S/C10H9BrF2N2/c1-15(6-10(12)13)8-3-2-7(5-14)9(11)4-8/h2-4,10H,6H2,1H3. The van der Waals surface area contributed by atoms with E-state index in [0.29, 0.717) is 15.7 Å². The maximum atomic E-state index is 12.1. The Hall–Kier alpha value is -1.15. The molecular weight excluding hydrogens is 266 g/mol. The maximum absolute atomic E-state index is 12.1. The van der Waals surface area contributed by atoms with E-state index in [-0.39, 0.29) is 6.54 Å². The summed E-state index contributed by atoms with van der Waals surface area (Å²) in [6.07, 6.45) is -2.37. The van der Waals surface area contributed by atoms with Crippen molar-refractivity contribution in [1.82, 2.24) is 0 Å². The first-order valence-corrected chi connectivity index (χ1v) is 5.03. The molecule has 0 aromatic heterocycles. The molecule has 1 aromatic rings. The first-order valence-electron chi connectivity index (χ1n) is 4.23. The van der Waals surface area contributed by atoms with Crippen molar-refractivity contribution >= 4 is 21.6 Å². The zero-order valence-electron chi connectivity index (χ0n) is 8.04. The Kier molecular flexibility index (Phi) is 4.04. The number of hydrogen-bond donors (Lipinski definition) is 0. The molecule has 0 spiro atoms. The summed E-state index contributed by atoms with van der Waals surface area (Å²) in [6.45, 7) is -0.321. The average molecular weight is 275 g/mol. The molecule has 0 saturated heterocycles. The molecule has 1 rings (SSSR count). The van der Waals surface area contributed by atoms with E-state index in [1.807, 2.05) is 6.07 Å². The summed E-state index contributed by atoms with van der Waals surface area (Å²) in [4.78, 5) is 1.44. The highest BCUT2D eigenvalue weighted by atomic mass is 79.9. The van der Waals surface area contributed by atoms with Gasteiger partial charge in [0.1, 0.15) is 6.07 Å². The Morgan fingerprint density at radius 1 is 1.53 bits per heavy atom. The van der Waals surface area contributed by atoms with Gasteiger partial charge in [0.05, 0.1) is 12.1 Å². The van der Waals surface area contributed by atoms with Crippen molar-refractivity contribution in [3.63, 3.8) is 0 Å². The Bertz CT molecular complexity index is 387. The van der Waals surface area contributed by atoms with Crippen molar-refractivity contribution in [3.8, 4) is 6.07 Å². The molecule has 0 radical (unpaired) electrons. The van der Waals surface area contributed by atoms with Crippen molar-refractivity contribution in [2.24, 2.45) is 0 Å². The summed E-state index contributed by atoms with van der Waals surface area (Å²) >= 11 is 3.21. The van der Waals surface area contributed by atoms with Gasteiger partial charge < -0.3 is 4.90 Å². The number of rotatable bonds is 3. The van der Waals surface area contributed by atoms with Crippen molar-refractivity contribution in [3.05, 3.63) is 28.2 Å². The van der Waals surface area contributed by atoms with Gasteiger partial charge in [-0.1, -0.05) is 0 Å². The molecule has 0 heterocycles. The fourth-order valence-corrected chi connectivity index (χ4v) is 1.60. The lowest BCUT2D eigenvalue weighted by atomic mass is 10.2. The molecule has 0 aliphatic carbocycles. The second-order valence-corrected chi connectivity index (χ2v) is 3.90. The monoisotopic (exact) mass is 274 g/mol. The summed E-state index contributed by atoms with van der Waals surface area (Å²) in [5.41, 5.74) is 1.14. The zero-order chi connectivity index (χ0) is 11.4. The molecule has 0 N–H and O–H groups in total. The van der Waals surface area contributed by atoms with Crippen LogP contribution in [-0.2, 0) is 0 Å². The van der Waals surface area contributed by atoms with Crippen LogP contribution in [0.15, 0.2) is 22.7 Å². The number of nitriles is 1. The van der Waals surface area contributed by atoms with Crippen LogP contribution in [0.5, 0.6) is 0 Å². The minimum Gasteiger partial charge on any atom is -0.369 e. The van der Waals surface area contributed by atoms with Gasteiger partial charge in [-0.15, -0.1) is 0 Å². The van der Waals surface area contributed by atoms with Crippen LogP contribution in [0, 0.1) is 11.3 Å². The van der Waals surface area contributed by atoms with Crippen LogP contribution >= 0.6 is 15.9 Å². The summed E-state index contributed by atoms with van der Waals surface area (Å²) in [5.74, 6) is 0. The summed E-state index contributed by atoms with van der Waals surface area (Å²) in [7, 11) is 1.58. The van der Waals surface area contributed by atoms with Gasteiger partial charge in [0, 0.05) is 17.2 Å². The lowest BCUT2D eigenvalue weighted by molar-refractivity contribution is 0.156. The van der Waals surface area contributed by atoms with Gasteiger partial charge in [0.15, 0.2) is 0 Å². The van der Waals surface area contributed by atoms with Gasteiger partial charge in [-0.3, -0.25) is 0 Å². The predicted octanol–water partition coefficient (Wildman–Crippen LogP) is 3.02. The lowest BCUT2D eigenvalue weighted by Gasteiger charge is -2.18. The fraction of sp³-hybridized carbons (Fsp3) is 0.300. The molecule has 2 nitrogen and oxygen atoms in total. The number of hydrogen-bond acceptors (Lipinski definition) is 2. The first kappa shape index (κ1) is 11.9. The molecule has 0 atom stereocenters. The topological polar surface area (TPSA) is 27.0 Å². The molecule has 0 aliphatic rings. The normalized spacial score (nSPS) is 10.1. The number of benzene rings is 1. The molecule has 0 aliphatic heterocycles.